The number of nitrogens with zero attached hydrogens (tertiary/aromatic N) is 3. The Balaban J connectivity index is 2.01. The van der Waals surface area contributed by atoms with E-state index in [9.17, 15) is 0 Å². The van der Waals surface area contributed by atoms with Crippen LogP contribution < -0.4 is 4.90 Å². The summed E-state index contributed by atoms with van der Waals surface area (Å²) in [6.45, 7) is 3.26. The molecule has 1 fully saturated rings. The highest BCUT2D eigenvalue weighted by Crippen LogP contribution is 2.33. The number of alkyl halides is 1. The van der Waals surface area contributed by atoms with Crippen molar-refractivity contribution in [3.8, 4) is 0 Å². The maximum absolute atomic E-state index is 4.58. The van der Waals surface area contributed by atoms with Crippen molar-refractivity contribution < 1.29 is 0 Å². The number of aryl methyl sites for hydroxylation is 1. The van der Waals surface area contributed by atoms with E-state index < -0.39 is 0 Å². The number of hydrogen-bond acceptors (Lipinski definition) is 4. The number of rotatable bonds is 3. The van der Waals surface area contributed by atoms with Crippen LogP contribution in [-0.2, 0) is 0 Å². The van der Waals surface area contributed by atoms with Crippen molar-refractivity contribution in [1.29, 1.82) is 0 Å². The first kappa shape index (κ1) is 13.3. The Morgan fingerprint density at radius 2 is 2.32 bits per heavy atom. The molecule has 3 heterocycles. The highest BCUT2D eigenvalue weighted by molar-refractivity contribution is 9.09. The minimum absolute atomic E-state index is 0.617. The van der Waals surface area contributed by atoms with Gasteiger partial charge in [-0.15, -0.1) is 11.3 Å². The molecule has 1 saturated heterocycles. The van der Waals surface area contributed by atoms with Gasteiger partial charge in [0.15, 0.2) is 0 Å². The van der Waals surface area contributed by atoms with Crippen molar-refractivity contribution in [1.82, 2.24) is 9.97 Å². The van der Waals surface area contributed by atoms with Gasteiger partial charge in [0.1, 0.15) is 17.0 Å². The average Bonchev–Trinajstić information content (AvgIpc) is 2.80. The Labute approximate surface area is 126 Å². The van der Waals surface area contributed by atoms with E-state index >= 15 is 0 Å². The number of fused-ring (bicyclic) bond motifs is 1. The van der Waals surface area contributed by atoms with Gasteiger partial charge < -0.3 is 4.90 Å². The quantitative estimate of drug-likeness (QED) is 0.786. The van der Waals surface area contributed by atoms with Crippen molar-refractivity contribution in [3.05, 3.63) is 17.3 Å². The van der Waals surface area contributed by atoms with E-state index in [4.69, 9.17) is 0 Å². The zero-order valence-electron chi connectivity index (χ0n) is 11.1. The van der Waals surface area contributed by atoms with E-state index in [1.54, 1.807) is 17.7 Å². The fourth-order valence-electron chi connectivity index (χ4n) is 2.90. The van der Waals surface area contributed by atoms with Crippen molar-refractivity contribution >= 4 is 43.3 Å². The number of piperidine rings is 1. The second kappa shape index (κ2) is 5.75. The second-order valence-electron chi connectivity index (χ2n) is 5.09. The third-order valence-corrected chi connectivity index (χ3v) is 5.19. The monoisotopic (exact) mass is 339 g/mol. The first-order valence-electron chi connectivity index (χ1n) is 6.83. The first-order chi connectivity index (χ1) is 9.29. The number of thiophene rings is 1. The minimum Gasteiger partial charge on any atom is -0.353 e. The predicted molar refractivity (Wildman–Crippen MR) is 85.5 cm³/mol. The van der Waals surface area contributed by atoms with Crippen molar-refractivity contribution in [2.45, 2.75) is 38.6 Å². The molecule has 0 saturated carbocycles. The molecule has 0 amide bonds. The highest BCUT2D eigenvalue weighted by Gasteiger charge is 2.24. The van der Waals surface area contributed by atoms with Crippen LogP contribution in [0.2, 0.25) is 0 Å². The molecular weight excluding hydrogens is 322 g/mol. The summed E-state index contributed by atoms with van der Waals surface area (Å²) >= 11 is 5.34. The van der Waals surface area contributed by atoms with Gasteiger partial charge in [-0.05, 0) is 38.7 Å². The SMILES string of the molecule is Cc1cc2c(N3CCCCC3CCBr)ncnc2s1. The number of hydrogen-bond donors (Lipinski definition) is 0. The standard InChI is InChI=1S/C14H18BrN3S/c1-10-8-12-13(16-9-17-14(12)19-10)18-7-3-2-4-11(18)5-6-15/h8-9,11H,2-7H2,1H3. The van der Waals surface area contributed by atoms with Crippen LogP contribution in [0.3, 0.4) is 0 Å². The fraction of sp³-hybridized carbons (Fsp3) is 0.571. The molecule has 3 nitrogen and oxygen atoms in total. The van der Waals surface area contributed by atoms with E-state index in [0.717, 1.165) is 22.5 Å². The van der Waals surface area contributed by atoms with E-state index in [2.05, 4.69) is 43.8 Å². The normalized spacial score (nSPS) is 20.1. The molecule has 102 valence electrons. The van der Waals surface area contributed by atoms with Gasteiger partial charge in [-0.2, -0.15) is 0 Å². The topological polar surface area (TPSA) is 29.0 Å². The fourth-order valence-corrected chi connectivity index (χ4v) is 4.27. The summed E-state index contributed by atoms with van der Waals surface area (Å²) in [4.78, 5) is 13.9. The zero-order chi connectivity index (χ0) is 13.2. The van der Waals surface area contributed by atoms with E-state index in [1.165, 1.54) is 35.9 Å². The Kier molecular flexibility index (Phi) is 4.03. The summed E-state index contributed by atoms with van der Waals surface area (Å²) < 4.78 is 0. The summed E-state index contributed by atoms with van der Waals surface area (Å²) in [6, 6.07) is 2.85. The minimum atomic E-state index is 0.617. The largest absolute Gasteiger partial charge is 0.353 e. The van der Waals surface area contributed by atoms with Gasteiger partial charge in [0.25, 0.3) is 0 Å². The van der Waals surface area contributed by atoms with Gasteiger partial charge in [-0.25, -0.2) is 9.97 Å². The van der Waals surface area contributed by atoms with Crippen LogP contribution in [0.15, 0.2) is 12.4 Å². The van der Waals surface area contributed by atoms with Crippen LogP contribution in [0.1, 0.15) is 30.6 Å². The van der Waals surface area contributed by atoms with Gasteiger partial charge in [0.2, 0.25) is 0 Å². The van der Waals surface area contributed by atoms with Crippen LogP contribution in [0.25, 0.3) is 10.2 Å². The Bertz CT molecular complexity index is 567. The summed E-state index contributed by atoms with van der Waals surface area (Å²) in [6.07, 6.45) is 6.79. The van der Waals surface area contributed by atoms with Gasteiger partial charge >= 0.3 is 0 Å². The Morgan fingerprint density at radius 3 is 3.16 bits per heavy atom. The van der Waals surface area contributed by atoms with Gasteiger partial charge in [-0.3, -0.25) is 0 Å². The lowest BCUT2D eigenvalue weighted by molar-refractivity contribution is 0.450. The third kappa shape index (κ3) is 2.63. The molecule has 0 radical (unpaired) electrons. The molecule has 2 aromatic heterocycles. The zero-order valence-corrected chi connectivity index (χ0v) is 13.5. The summed E-state index contributed by atoms with van der Waals surface area (Å²) in [5, 5.41) is 2.29. The van der Waals surface area contributed by atoms with E-state index in [0.29, 0.717) is 6.04 Å². The van der Waals surface area contributed by atoms with Gasteiger partial charge in [-0.1, -0.05) is 15.9 Å². The maximum atomic E-state index is 4.58. The number of anilines is 1. The molecule has 1 aliphatic rings. The van der Waals surface area contributed by atoms with Crippen LogP contribution in [0.4, 0.5) is 5.82 Å². The van der Waals surface area contributed by atoms with E-state index in [-0.39, 0.29) is 0 Å². The molecule has 1 atom stereocenters. The van der Waals surface area contributed by atoms with Crippen LogP contribution in [-0.4, -0.2) is 27.9 Å². The van der Waals surface area contributed by atoms with Crippen molar-refractivity contribution in [3.63, 3.8) is 0 Å². The number of aromatic nitrogens is 2. The molecule has 5 heteroatoms. The Morgan fingerprint density at radius 1 is 1.42 bits per heavy atom. The lowest BCUT2D eigenvalue weighted by Crippen LogP contribution is -2.40. The highest BCUT2D eigenvalue weighted by atomic mass is 79.9. The smallest absolute Gasteiger partial charge is 0.141 e. The molecule has 0 aromatic carbocycles. The van der Waals surface area contributed by atoms with Crippen molar-refractivity contribution in [2.24, 2.45) is 0 Å². The van der Waals surface area contributed by atoms with Crippen molar-refractivity contribution in [2.75, 3.05) is 16.8 Å². The lowest BCUT2D eigenvalue weighted by atomic mass is 10.00. The van der Waals surface area contributed by atoms with Crippen LogP contribution in [0, 0.1) is 6.92 Å². The molecular formula is C14H18BrN3S. The average molecular weight is 340 g/mol. The molecule has 19 heavy (non-hydrogen) atoms. The molecule has 0 bridgehead atoms. The Hall–Kier alpha value is -0.680. The summed E-state index contributed by atoms with van der Waals surface area (Å²) in [7, 11) is 0. The summed E-state index contributed by atoms with van der Waals surface area (Å²) in [5.74, 6) is 1.14. The molecule has 0 spiro atoms. The molecule has 1 aliphatic heterocycles. The van der Waals surface area contributed by atoms with Gasteiger partial charge in [0.05, 0.1) is 5.39 Å². The molecule has 3 rings (SSSR count). The molecule has 0 N–H and O–H groups in total. The summed E-state index contributed by atoms with van der Waals surface area (Å²) in [5.41, 5.74) is 0. The lowest BCUT2D eigenvalue weighted by Gasteiger charge is -2.36. The number of halogens is 1. The third-order valence-electron chi connectivity index (χ3n) is 3.77. The molecule has 2 aromatic rings. The molecule has 1 unspecified atom stereocenters. The second-order valence-corrected chi connectivity index (χ2v) is 7.12. The van der Waals surface area contributed by atoms with Gasteiger partial charge in [0, 0.05) is 22.8 Å². The van der Waals surface area contributed by atoms with E-state index in [1.807, 2.05) is 0 Å². The van der Waals surface area contributed by atoms with Crippen LogP contribution in [0.5, 0.6) is 0 Å². The maximum Gasteiger partial charge on any atom is 0.141 e. The molecule has 0 aliphatic carbocycles. The van der Waals surface area contributed by atoms with Crippen LogP contribution >= 0.6 is 27.3 Å². The predicted octanol–water partition coefficient (Wildman–Crippen LogP) is 4.14. The first-order valence-corrected chi connectivity index (χ1v) is 8.77.